The van der Waals surface area contributed by atoms with E-state index in [9.17, 15) is 14.7 Å². The number of hydrogen-bond acceptors (Lipinski definition) is 8. The molecule has 8 nitrogen and oxygen atoms in total. The van der Waals surface area contributed by atoms with E-state index in [4.69, 9.17) is 18.9 Å². The lowest BCUT2D eigenvalue weighted by Gasteiger charge is -2.25. The number of aliphatic hydroxyl groups excluding tert-OH is 1. The first-order valence-corrected chi connectivity index (χ1v) is 22.5. The lowest BCUT2D eigenvalue weighted by Crippen LogP contribution is -2.29. The summed E-state index contributed by atoms with van der Waals surface area (Å²) < 4.78 is 23.4. The highest BCUT2D eigenvalue weighted by Gasteiger charge is 2.18. The average Bonchev–Trinajstić information content (AvgIpc) is 3.16. The van der Waals surface area contributed by atoms with E-state index < -0.39 is 0 Å². The Hall–Kier alpha value is -1.22. The van der Waals surface area contributed by atoms with Crippen LogP contribution in [0, 0.1) is 11.8 Å². The molecule has 0 amide bonds. The predicted molar refractivity (Wildman–Crippen MR) is 212 cm³/mol. The van der Waals surface area contributed by atoms with Gasteiger partial charge in [-0.1, -0.05) is 135 Å². The summed E-state index contributed by atoms with van der Waals surface area (Å²) in [6, 6.07) is 0. The van der Waals surface area contributed by atoms with Crippen LogP contribution in [-0.2, 0) is 28.5 Å². The Morgan fingerprint density at radius 1 is 0.558 bits per heavy atom. The second kappa shape index (κ2) is 34.3. The van der Waals surface area contributed by atoms with Gasteiger partial charge in [0.2, 0.25) is 0 Å². The molecule has 2 aliphatic carbocycles. The minimum absolute atomic E-state index is 0.0680. The van der Waals surface area contributed by atoms with Crippen molar-refractivity contribution in [3.63, 3.8) is 0 Å². The molecule has 0 unspecified atom stereocenters. The number of ether oxygens (including phenoxy) is 4. The third-order valence-electron chi connectivity index (χ3n) is 11.4. The SMILES string of the molecule is CCCCCCCCCCCOC(=O)CCCCCN(CCO)CCCCCC(=O)OCCC(OCCC1CCCCC1)OCCC1CCCCC1. The highest BCUT2D eigenvalue weighted by atomic mass is 16.7. The first-order valence-electron chi connectivity index (χ1n) is 22.5. The van der Waals surface area contributed by atoms with Crippen molar-refractivity contribution in [3.05, 3.63) is 0 Å². The van der Waals surface area contributed by atoms with E-state index in [2.05, 4.69) is 11.8 Å². The van der Waals surface area contributed by atoms with Gasteiger partial charge in [0.15, 0.2) is 6.29 Å². The van der Waals surface area contributed by atoms with E-state index in [0.29, 0.717) is 39.0 Å². The molecule has 306 valence electrons. The molecule has 0 bridgehead atoms. The highest BCUT2D eigenvalue weighted by molar-refractivity contribution is 5.69. The molecule has 1 N–H and O–H groups in total. The lowest BCUT2D eigenvalue weighted by molar-refractivity contribution is -0.163. The molecule has 0 spiro atoms. The van der Waals surface area contributed by atoms with E-state index in [-0.39, 0.29) is 24.8 Å². The zero-order chi connectivity index (χ0) is 37.2. The standard InChI is InChI=1S/C44H83NO7/c1-2-3-4-5-6-7-8-9-22-36-49-42(47)27-18-12-20-32-45(34-35-46)33-21-13-19-28-43(48)50-39-31-44(51-37-29-40-23-14-10-15-24-40)52-38-30-41-25-16-11-17-26-41/h40-41,44,46H,2-39H2,1H3. The van der Waals surface area contributed by atoms with Crippen LogP contribution in [0.2, 0.25) is 0 Å². The van der Waals surface area contributed by atoms with Gasteiger partial charge in [-0.3, -0.25) is 9.59 Å². The quantitative estimate of drug-likeness (QED) is 0.0390. The molecule has 0 aliphatic heterocycles. The smallest absolute Gasteiger partial charge is 0.305 e. The fourth-order valence-corrected chi connectivity index (χ4v) is 7.95. The zero-order valence-electron chi connectivity index (χ0n) is 33.9. The van der Waals surface area contributed by atoms with Crippen LogP contribution in [0.1, 0.15) is 200 Å². The van der Waals surface area contributed by atoms with Gasteiger partial charge in [-0.25, -0.2) is 0 Å². The molecular weight excluding hydrogens is 654 g/mol. The number of esters is 2. The predicted octanol–water partition coefficient (Wildman–Crippen LogP) is 10.7. The summed E-state index contributed by atoms with van der Waals surface area (Å²) in [7, 11) is 0. The molecule has 52 heavy (non-hydrogen) atoms. The van der Waals surface area contributed by atoms with E-state index in [1.54, 1.807) is 0 Å². The van der Waals surface area contributed by atoms with Crippen LogP contribution in [0.25, 0.3) is 0 Å². The maximum absolute atomic E-state index is 12.5. The summed E-state index contributed by atoms with van der Waals surface area (Å²) in [5.41, 5.74) is 0. The summed E-state index contributed by atoms with van der Waals surface area (Å²) in [6.07, 6.45) is 33.9. The van der Waals surface area contributed by atoms with Crippen LogP contribution in [0.5, 0.6) is 0 Å². The first-order chi connectivity index (χ1) is 25.6. The van der Waals surface area contributed by atoms with Crippen molar-refractivity contribution >= 4 is 11.9 Å². The number of carbonyl (C=O) groups is 2. The van der Waals surface area contributed by atoms with Gasteiger partial charge in [-0.15, -0.1) is 0 Å². The minimum Gasteiger partial charge on any atom is -0.466 e. The van der Waals surface area contributed by atoms with Gasteiger partial charge < -0.3 is 29.0 Å². The van der Waals surface area contributed by atoms with Crippen LogP contribution in [0.3, 0.4) is 0 Å². The van der Waals surface area contributed by atoms with Gasteiger partial charge in [-0.05, 0) is 69.9 Å². The normalized spacial score (nSPS) is 15.8. The van der Waals surface area contributed by atoms with Gasteiger partial charge >= 0.3 is 11.9 Å². The van der Waals surface area contributed by atoms with Crippen LogP contribution >= 0.6 is 0 Å². The molecule has 0 aromatic carbocycles. The van der Waals surface area contributed by atoms with Crippen LogP contribution in [0.15, 0.2) is 0 Å². The van der Waals surface area contributed by atoms with Crippen molar-refractivity contribution in [2.45, 2.75) is 206 Å². The number of aliphatic hydroxyl groups is 1. The Bertz CT molecular complexity index is 790. The molecule has 0 atom stereocenters. The molecular formula is C44H83NO7. The Labute approximate surface area is 320 Å². The van der Waals surface area contributed by atoms with Crippen molar-refractivity contribution in [3.8, 4) is 0 Å². The van der Waals surface area contributed by atoms with Gasteiger partial charge in [-0.2, -0.15) is 0 Å². The van der Waals surface area contributed by atoms with Crippen molar-refractivity contribution in [1.29, 1.82) is 0 Å². The van der Waals surface area contributed by atoms with Gasteiger partial charge in [0.05, 0.1) is 19.8 Å². The summed E-state index contributed by atoms with van der Waals surface area (Å²) in [5, 5.41) is 9.54. The lowest BCUT2D eigenvalue weighted by atomic mass is 9.87. The summed E-state index contributed by atoms with van der Waals surface area (Å²) in [4.78, 5) is 26.9. The number of hydrogen-bond donors (Lipinski definition) is 1. The molecule has 2 fully saturated rings. The number of carbonyl (C=O) groups excluding carboxylic acids is 2. The molecule has 2 aliphatic rings. The van der Waals surface area contributed by atoms with E-state index in [0.717, 1.165) is 102 Å². The topological polar surface area (TPSA) is 94.5 Å². The monoisotopic (exact) mass is 738 g/mol. The minimum atomic E-state index is -0.291. The molecule has 2 rings (SSSR count). The Morgan fingerprint density at radius 3 is 1.52 bits per heavy atom. The molecule has 0 aromatic rings. The molecule has 0 saturated heterocycles. The molecule has 2 saturated carbocycles. The number of rotatable bonds is 35. The molecule has 0 radical (unpaired) electrons. The zero-order valence-corrected chi connectivity index (χ0v) is 33.9. The van der Waals surface area contributed by atoms with Crippen LogP contribution < -0.4 is 0 Å². The van der Waals surface area contributed by atoms with Crippen molar-refractivity contribution in [1.82, 2.24) is 4.90 Å². The van der Waals surface area contributed by atoms with E-state index in [1.165, 1.54) is 109 Å². The maximum atomic E-state index is 12.5. The first kappa shape index (κ1) is 46.9. The van der Waals surface area contributed by atoms with E-state index in [1.807, 2.05) is 0 Å². The van der Waals surface area contributed by atoms with E-state index >= 15 is 0 Å². The maximum Gasteiger partial charge on any atom is 0.305 e. The van der Waals surface area contributed by atoms with Crippen molar-refractivity contribution in [2.24, 2.45) is 11.8 Å². The Balaban J connectivity index is 1.47. The molecule has 0 aromatic heterocycles. The number of nitrogens with zero attached hydrogens (tertiary/aromatic N) is 1. The van der Waals surface area contributed by atoms with Gasteiger partial charge in [0.25, 0.3) is 0 Å². The van der Waals surface area contributed by atoms with Gasteiger partial charge in [0.1, 0.15) is 0 Å². The van der Waals surface area contributed by atoms with Crippen molar-refractivity contribution < 1.29 is 33.6 Å². The fraction of sp³-hybridized carbons (Fsp3) is 0.955. The second-order valence-electron chi connectivity index (χ2n) is 16.0. The molecule has 0 heterocycles. The summed E-state index contributed by atoms with van der Waals surface area (Å²) in [5.74, 6) is 1.36. The summed E-state index contributed by atoms with van der Waals surface area (Å²) in [6.45, 7) is 7.25. The third-order valence-corrected chi connectivity index (χ3v) is 11.4. The number of unbranched alkanes of at least 4 members (excludes halogenated alkanes) is 12. The van der Waals surface area contributed by atoms with Crippen molar-refractivity contribution in [2.75, 3.05) is 52.7 Å². The average molecular weight is 738 g/mol. The highest BCUT2D eigenvalue weighted by Crippen LogP contribution is 2.28. The Morgan fingerprint density at radius 2 is 1.02 bits per heavy atom. The largest absolute Gasteiger partial charge is 0.466 e. The Kier molecular flexibility index (Phi) is 30.9. The second-order valence-corrected chi connectivity index (χ2v) is 16.0. The van der Waals surface area contributed by atoms with Crippen LogP contribution in [-0.4, -0.2) is 80.9 Å². The molecule has 8 heteroatoms. The van der Waals surface area contributed by atoms with Crippen LogP contribution in [0.4, 0.5) is 0 Å². The fourth-order valence-electron chi connectivity index (χ4n) is 7.95. The van der Waals surface area contributed by atoms with Gasteiger partial charge in [0, 0.05) is 39.0 Å². The summed E-state index contributed by atoms with van der Waals surface area (Å²) >= 11 is 0. The third kappa shape index (κ3) is 27.4.